The first kappa shape index (κ1) is 35.1. The number of sulfonamides is 1. The lowest BCUT2D eigenvalue weighted by Gasteiger charge is -2.23. The molecule has 0 saturated carbocycles. The predicted molar refractivity (Wildman–Crippen MR) is 192 cm³/mol. The van der Waals surface area contributed by atoms with Crippen LogP contribution in [0.1, 0.15) is 22.5 Å². The summed E-state index contributed by atoms with van der Waals surface area (Å²) in [4.78, 5) is 30.6. The van der Waals surface area contributed by atoms with Crippen LogP contribution in [0.4, 0.5) is 17.1 Å². The van der Waals surface area contributed by atoms with Gasteiger partial charge in [0, 0.05) is 59.1 Å². The molecule has 0 saturated heterocycles. The molecule has 11 nitrogen and oxygen atoms in total. The Balaban J connectivity index is 1.30. The molecule has 254 valence electrons. The van der Waals surface area contributed by atoms with Gasteiger partial charge in [0.1, 0.15) is 11.5 Å². The molecule has 5 aromatic rings. The lowest BCUT2D eigenvalue weighted by molar-refractivity contribution is -0.116. The number of amides is 2. The molecule has 4 aromatic carbocycles. The molecule has 0 atom stereocenters. The van der Waals surface area contributed by atoms with Gasteiger partial charge in [-0.1, -0.05) is 29.8 Å². The van der Waals surface area contributed by atoms with E-state index in [1.54, 1.807) is 48.5 Å². The highest BCUT2D eigenvalue weighted by atomic mass is 35.5. The molecule has 13 heteroatoms. The summed E-state index contributed by atoms with van der Waals surface area (Å²) in [5.41, 5.74) is 3.62. The average molecular weight is 702 g/mol. The smallest absolute Gasteiger partial charge is 0.255 e. The Hall–Kier alpha value is -5.17. The summed E-state index contributed by atoms with van der Waals surface area (Å²) < 4.78 is 39.6. The van der Waals surface area contributed by atoms with Gasteiger partial charge >= 0.3 is 0 Å². The Kier molecular flexibility index (Phi) is 11.3. The number of para-hydroxylation sites is 1. The maximum absolute atomic E-state index is 13.8. The fourth-order valence-corrected chi connectivity index (χ4v) is 6.75. The first-order valence-corrected chi connectivity index (χ1v) is 17.2. The highest BCUT2D eigenvalue weighted by Crippen LogP contribution is 2.28. The van der Waals surface area contributed by atoms with E-state index >= 15 is 0 Å². The van der Waals surface area contributed by atoms with Gasteiger partial charge in [-0.3, -0.25) is 14.6 Å². The van der Waals surface area contributed by atoms with Gasteiger partial charge in [-0.15, -0.1) is 0 Å². The Morgan fingerprint density at radius 1 is 0.837 bits per heavy atom. The van der Waals surface area contributed by atoms with Crippen molar-refractivity contribution in [1.82, 2.24) is 9.29 Å². The topological polar surface area (TPSA) is 139 Å². The molecule has 0 bridgehead atoms. The number of anilines is 3. The van der Waals surface area contributed by atoms with E-state index in [9.17, 15) is 18.0 Å². The third kappa shape index (κ3) is 8.85. The monoisotopic (exact) mass is 701 g/mol. The lowest BCUT2D eigenvalue weighted by Crippen LogP contribution is -2.37. The summed E-state index contributed by atoms with van der Waals surface area (Å²) in [6.07, 6.45) is -0.151. The maximum atomic E-state index is 13.8. The van der Waals surface area contributed by atoms with Crippen molar-refractivity contribution < 1.29 is 27.5 Å². The lowest BCUT2D eigenvalue weighted by atomic mass is 10.1. The van der Waals surface area contributed by atoms with E-state index in [-0.39, 0.29) is 42.6 Å². The third-order valence-corrected chi connectivity index (χ3v) is 9.78. The van der Waals surface area contributed by atoms with Crippen LogP contribution in [0.5, 0.6) is 11.5 Å². The number of carbonyl (C=O) groups is 2. The largest absolute Gasteiger partial charge is 0.497 e. The number of pyridine rings is 1. The Morgan fingerprint density at radius 3 is 2.31 bits per heavy atom. The normalized spacial score (nSPS) is 11.3. The number of methoxy groups -OCH3 is 2. The standard InChI is InChI=1S/C36H36ClN5O6S/c1-24-21-33(30-23-26(37)10-16-31(30)39-24)38-18-20-42(49(45,46)29-13-11-28(47-2)12-14-29)19-17-35(43)41-32-15-9-25(22-34(32)48-3)36(44)40-27-7-5-4-6-8-27/h4-16,21-23H,17-20H2,1-3H3,(H,38,39)(H,40,44)(H,41,43). The van der Waals surface area contributed by atoms with E-state index < -0.39 is 15.9 Å². The molecule has 0 fully saturated rings. The van der Waals surface area contributed by atoms with Crippen LogP contribution in [0.3, 0.4) is 0 Å². The van der Waals surface area contributed by atoms with Crippen molar-refractivity contribution in [3.63, 3.8) is 0 Å². The second kappa shape index (κ2) is 15.8. The van der Waals surface area contributed by atoms with E-state index in [4.69, 9.17) is 21.1 Å². The number of carbonyl (C=O) groups excluding carboxylic acids is 2. The highest BCUT2D eigenvalue weighted by Gasteiger charge is 2.25. The molecule has 0 radical (unpaired) electrons. The van der Waals surface area contributed by atoms with Crippen LogP contribution in [0.2, 0.25) is 5.02 Å². The number of halogens is 1. The van der Waals surface area contributed by atoms with E-state index in [0.29, 0.717) is 27.7 Å². The zero-order valence-corrected chi connectivity index (χ0v) is 28.8. The van der Waals surface area contributed by atoms with Crippen molar-refractivity contribution in [1.29, 1.82) is 0 Å². The second-order valence-electron chi connectivity index (χ2n) is 11.0. The first-order chi connectivity index (χ1) is 23.6. The van der Waals surface area contributed by atoms with Gasteiger partial charge in [0.25, 0.3) is 5.91 Å². The Morgan fingerprint density at radius 2 is 1.59 bits per heavy atom. The molecule has 5 rings (SSSR count). The summed E-state index contributed by atoms with van der Waals surface area (Å²) in [5, 5.41) is 10.3. The Bertz CT molecular complexity index is 2060. The number of fused-ring (bicyclic) bond motifs is 1. The number of nitrogens with zero attached hydrogens (tertiary/aromatic N) is 2. The molecular weight excluding hydrogens is 666 g/mol. The number of benzene rings is 4. The minimum Gasteiger partial charge on any atom is -0.497 e. The highest BCUT2D eigenvalue weighted by molar-refractivity contribution is 7.89. The molecule has 3 N–H and O–H groups in total. The maximum Gasteiger partial charge on any atom is 0.255 e. The van der Waals surface area contributed by atoms with Crippen molar-refractivity contribution in [3.05, 3.63) is 113 Å². The second-order valence-corrected chi connectivity index (χ2v) is 13.4. The van der Waals surface area contributed by atoms with Gasteiger partial charge in [-0.2, -0.15) is 4.31 Å². The van der Waals surface area contributed by atoms with E-state index in [1.807, 2.05) is 37.3 Å². The number of aryl methyl sites for hydroxylation is 1. The zero-order valence-electron chi connectivity index (χ0n) is 27.2. The summed E-state index contributed by atoms with van der Waals surface area (Å²) in [6, 6.07) is 27.0. The van der Waals surface area contributed by atoms with Crippen LogP contribution in [-0.2, 0) is 14.8 Å². The van der Waals surface area contributed by atoms with Gasteiger partial charge in [-0.25, -0.2) is 8.42 Å². The van der Waals surface area contributed by atoms with Crippen molar-refractivity contribution in [2.24, 2.45) is 0 Å². The molecule has 1 heterocycles. The summed E-state index contributed by atoms with van der Waals surface area (Å²) >= 11 is 6.25. The summed E-state index contributed by atoms with van der Waals surface area (Å²) in [7, 11) is -1.07. The molecular formula is C36H36ClN5O6S. The minimum atomic E-state index is -4.01. The van der Waals surface area contributed by atoms with Crippen LogP contribution < -0.4 is 25.4 Å². The van der Waals surface area contributed by atoms with Gasteiger partial charge in [0.2, 0.25) is 15.9 Å². The third-order valence-electron chi connectivity index (χ3n) is 7.63. The zero-order chi connectivity index (χ0) is 35.0. The first-order valence-electron chi connectivity index (χ1n) is 15.4. The van der Waals surface area contributed by atoms with Crippen LogP contribution >= 0.6 is 11.6 Å². The SMILES string of the molecule is COc1ccc(S(=O)(=O)N(CCNc2cc(C)nc3ccc(Cl)cc23)CCC(=O)Nc2ccc(C(=O)Nc3ccccc3)cc2OC)cc1. The van der Waals surface area contributed by atoms with Gasteiger partial charge in [0.15, 0.2) is 0 Å². The fourth-order valence-electron chi connectivity index (χ4n) is 5.14. The fraction of sp³-hybridized carbons (Fsp3) is 0.194. The van der Waals surface area contributed by atoms with Gasteiger partial charge in [-0.05, 0) is 85.8 Å². The van der Waals surface area contributed by atoms with Crippen molar-refractivity contribution >= 4 is 61.4 Å². The molecule has 2 amide bonds. The number of ether oxygens (including phenoxy) is 2. The summed E-state index contributed by atoms with van der Waals surface area (Å²) in [6.45, 7) is 2.06. The number of aromatic nitrogens is 1. The average Bonchev–Trinajstić information content (AvgIpc) is 3.10. The molecule has 0 aliphatic rings. The quantitative estimate of drug-likeness (QED) is 0.118. The van der Waals surface area contributed by atoms with Crippen LogP contribution in [0.15, 0.2) is 102 Å². The van der Waals surface area contributed by atoms with Crippen LogP contribution in [0, 0.1) is 6.92 Å². The predicted octanol–water partition coefficient (Wildman–Crippen LogP) is 6.60. The molecule has 1 aromatic heterocycles. The minimum absolute atomic E-state index is 0.0552. The number of rotatable bonds is 14. The molecule has 0 aliphatic heterocycles. The van der Waals surface area contributed by atoms with Crippen LogP contribution in [-0.4, -0.2) is 63.4 Å². The van der Waals surface area contributed by atoms with Crippen molar-refractivity contribution in [2.45, 2.75) is 18.2 Å². The van der Waals surface area contributed by atoms with Gasteiger partial charge < -0.3 is 25.4 Å². The van der Waals surface area contributed by atoms with E-state index in [0.717, 1.165) is 22.3 Å². The van der Waals surface area contributed by atoms with Gasteiger partial charge in [0.05, 0.1) is 30.3 Å². The van der Waals surface area contributed by atoms with Crippen LogP contribution in [0.25, 0.3) is 10.9 Å². The number of hydrogen-bond donors (Lipinski definition) is 3. The number of hydrogen-bond acceptors (Lipinski definition) is 8. The molecule has 0 unspecified atom stereocenters. The molecule has 0 spiro atoms. The molecule has 49 heavy (non-hydrogen) atoms. The summed E-state index contributed by atoms with van der Waals surface area (Å²) in [5.74, 6) is 0.0186. The Labute approximate surface area is 290 Å². The van der Waals surface area contributed by atoms with Crippen molar-refractivity contribution in [2.75, 3.05) is 49.8 Å². The molecule has 0 aliphatic carbocycles. The van der Waals surface area contributed by atoms with E-state index in [2.05, 4.69) is 20.9 Å². The van der Waals surface area contributed by atoms with Crippen molar-refractivity contribution in [3.8, 4) is 11.5 Å². The number of nitrogens with one attached hydrogen (secondary N) is 3. The van der Waals surface area contributed by atoms with E-state index in [1.165, 1.54) is 36.7 Å².